The Kier molecular flexibility index (Phi) is 5.23. The number of ether oxygens (including phenoxy) is 1. The third-order valence-corrected chi connectivity index (χ3v) is 4.08. The molecule has 0 saturated carbocycles. The number of methoxy groups -OCH3 is 1. The van der Waals surface area contributed by atoms with E-state index in [9.17, 15) is 0 Å². The Labute approximate surface area is 116 Å². The molecule has 0 bridgehead atoms. The van der Waals surface area contributed by atoms with Crippen LogP contribution in [0.25, 0.3) is 0 Å². The van der Waals surface area contributed by atoms with Crippen LogP contribution in [0.2, 0.25) is 0 Å². The van der Waals surface area contributed by atoms with Crippen LogP contribution in [0.3, 0.4) is 0 Å². The van der Waals surface area contributed by atoms with E-state index in [4.69, 9.17) is 4.74 Å². The highest BCUT2D eigenvalue weighted by atomic mass is 16.5. The summed E-state index contributed by atoms with van der Waals surface area (Å²) < 4.78 is 5.23. The number of rotatable bonds is 6. The smallest absolute Gasteiger partial charge is 0.118 e. The van der Waals surface area contributed by atoms with Crippen molar-refractivity contribution in [2.24, 2.45) is 0 Å². The van der Waals surface area contributed by atoms with Crippen LogP contribution >= 0.6 is 0 Å². The third-order valence-electron chi connectivity index (χ3n) is 4.08. The van der Waals surface area contributed by atoms with E-state index in [0.717, 1.165) is 18.8 Å². The molecule has 0 aliphatic carbocycles. The molecule has 1 aliphatic rings. The molecule has 0 spiro atoms. The molecule has 2 unspecified atom stereocenters. The Morgan fingerprint density at radius 1 is 1.37 bits per heavy atom. The van der Waals surface area contributed by atoms with Gasteiger partial charge in [-0.05, 0) is 50.6 Å². The maximum Gasteiger partial charge on any atom is 0.118 e. The lowest BCUT2D eigenvalue weighted by atomic mass is 10.0. The largest absolute Gasteiger partial charge is 0.497 e. The highest BCUT2D eigenvalue weighted by molar-refractivity contribution is 5.29. The lowest BCUT2D eigenvalue weighted by Crippen LogP contribution is -2.39. The monoisotopic (exact) mass is 262 g/mol. The fourth-order valence-corrected chi connectivity index (χ4v) is 2.95. The minimum atomic E-state index is 0.468. The standard InChI is InChI=1S/C16H26N2O/c1-4-11-18(15-9-10-17-12-15)13(2)14-5-7-16(19-3)8-6-14/h5-8,13,15,17H,4,9-12H2,1-3H3. The first kappa shape index (κ1) is 14.4. The van der Waals surface area contributed by atoms with Crippen molar-refractivity contribution >= 4 is 0 Å². The third kappa shape index (κ3) is 3.48. The summed E-state index contributed by atoms with van der Waals surface area (Å²) in [5.74, 6) is 0.931. The van der Waals surface area contributed by atoms with Crippen molar-refractivity contribution in [3.8, 4) is 5.75 Å². The van der Waals surface area contributed by atoms with E-state index in [1.807, 2.05) is 0 Å². The molecule has 0 amide bonds. The van der Waals surface area contributed by atoms with Crippen LogP contribution < -0.4 is 10.1 Å². The van der Waals surface area contributed by atoms with Gasteiger partial charge in [0.1, 0.15) is 5.75 Å². The van der Waals surface area contributed by atoms with Crippen molar-refractivity contribution in [1.29, 1.82) is 0 Å². The van der Waals surface area contributed by atoms with Crippen LogP contribution in [-0.4, -0.2) is 37.7 Å². The van der Waals surface area contributed by atoms with Gasteiger partial charge in [-0.15, -0.1) is 0 Å². The van der Waals surface area contributed by atoms with E-state index in [-0.39, 0.29) is 0 Å². The zero-order valence-electron chi connectivity index (χ0n) is 12.4. The fraction of sp³-hybridized carbons (Fsp3) is 0.625. The predicted molar refractivity (Wildman–Crippen MR) is 79.7 cm³/mol. The van der Waals surface area contributed by atoms with E-state index in [1.54, 1.807) is 7.11 Å². The molecular weight excluding hydrogens is 236 g/mol. The molecule has 1 fully saturated rings. The molecule has 1 saturated heterocycles. The lowest BCUT2D eigenvalue weighted by Gasteiger charge is -2.34. The summed E-state index contributed by atoms with van der Waals surface area (Å²) in [5.41, 5.74) is 1.38. The summed E-state index contributed by atoms with van der Waals surface area (Å²) in [6, 6.07) is 9.64. The van der Waals surface area contributed by atoms with Gasteiger partial charge in [0.15, 0.2) is 0 Å². The minimum absolute atomic E-state index is 0.468. The van der Waals surface area contributed by atoms with Gasteiger partial charge < -0.3 is 10.1 Å². The Balaban J connectivity index is 2.10. The van der Waals surface area contributed by atoms with Gasteiger partial charge in [-0.3, -0.25) is 4.90 Å². The van der Waals surface area contributed by atoms with Gasteiger partial charge in [0, 0.05) is 18.6 Å². The predicted octanol–water partition coefficient (Wildman–Crippen LogP) is 2.83. The highest BCUT2D eigenvalue weighted by Gasteiger charge is 2.26. The molecule has 1 aromatic carbocycles. The van der Waals surface area contributed by atoms with Crippen LogP contribution in [-0.2, 0) is 0 Å². The number of hydrogen-bond acceptors (Lipinski definition) is 3. The normalized spacial score (nSPS) is 20.7. The topological polar surface area (TPSA) is 24.5 Å². The number of nitrogens with zero attached hydrogens (tertiary/aromatic N) is 1. The second kappa shape index (κ2) is 6.92. The molecule has 106 valence electrons. The lowest BCUT2D eigenvalue weighted by molar-refractivity contribution is 0.153. The van der Waals surface area contributed by atoms with Crippen molar-refractivity contribution in [2.45, 2.75) is 38.8 Å². The Morgan fingerprint density at radius 2 is 2.11 bits per heavy atom. The van der Waals surface area contributed by atoms with Crippen molar-refractivity contribution in [1.82, 2.24) is 10.2 Å². The zero-order chi connectivity index (χ0) is 13.7. The molecule has 2 rings (SSSR count). The molecule has 2 atom stereocenters. The first-order valence-electron chi connectivity index (χ1n) is 7.36. The maximum absolute atomic E-state index is 5.23. The van der Waals surface area contributed by atoms with Crippen LogP contribution in [0.4, 0.5) is 0 Å². The first-order valence-corrected chi connectivity index (χ1v) is 7.36. The minimum Gasteiger partial charge on any atom is -0.497 e. The molecule has 3 nitrogen and oxygen atoms in total. The quantitative estimate of drug-likeness (QED) is 0.853. The molecule has 19 heavy (non-hydrogen) atoms. The van der Waals surface area contributed by atoms with Gasteiger partial charge in [-0.25, -0.2) is 0 Å². The SMILES string of the molecule is CCCN(C1CCNC1)C(C)c1ccc(OC)cc1. The second-order valence-corrected chi connectivity index (χ2v) is 5.33. The van der Waals surface area contributed by atoms with E-state index < -0.39 is 0 Å². The van der Waals surface area contributed by atoms with Crippen LogP contribution in [0.15, 0.2) is 24.3 Å². The molecule has 1 aliphatic heterocycles. The second-order valence-electron chi connectivity index (χ2n) is 5.33. The van der Waals surface area contributed by atoms with Crippen molar-refractivity contribution in [2.75, 3.05) is 26.7 Å². The summed E-state index contributed by atoms with van der Waals surface area (Å²) in [6.07, 6.45) is 2.47. The molecule has 0 radical (unpaired) electrons. The van der Waals surface area contributed by atoms with Gasteiger partial charge >= 0.3 is 0 Å². The average Bonchev–Trinajstić information content (AvgIpc) is 2.98. The molecule has 1 N–H and O–H groups in total. The van der Waals surface area contributed by atoms with E-state index in [1.165, 1.54) is 24.9 Å². The van der Waals surface area contributed by atoms with Gasteiger partial charge in [-0.1, -0.05) is 19.1 Å². The van der Waals surface area contributed by atoms with Crippen LogP contribution in [0.5, 0.6) is 5.75 Å². The van der Waals surface area contributed by atoms with Gasteiger partial charge in [0.25, 0.3) is 0 Å². The van der Waals surface area contributed by atoms with E-state index in [2.05, 4.69) is 48.3 Å². The van der Waals surface area contributed by atoms with Crippen LogP contribution in [0.1, 0.15) is 38.3 Å². The van der Waals surface area contributed by atoms with Gasteiger partial charge in [-0.2, -0.15) is 0 Å². The summed E-state index contributed by atoms with van der Waals surface area (Å²) in [6.45, 7) is 8.02. The van der Waals surface area contributed by atoms with Gasteiger partial charge in [0.05, 0.1) is 7.11 Å². The molecule has 1 aromatic rings. The zero-order valence-corrected chi connectivity index (χ0v) is 12.4. The Morgan fingerprint density at radius 3 is 2.63 bits per heavy atom. The number of hydrogen-bond donors (Lipinski definition) is 1. The maximum atomic E-state index is 5.23. The van der Waals surface area contributed by atoms with E-state index >= 15 is 0 Å². The number of benzene rings is 1. The molecule has 1 heterocycles. The highest BCUT2D eigenvalue weighted by Crippen LogP contribution is 2.26. The summed E-state index contributed by atoms with van der Waals surface area (Å²) >= 11 is 0. The molecular formula is C16H26N2O. The summed E-state index contributed by atoms with van der Waals surface area (Å²) in [5, 5.41) is 3.47. The van der Waals surface area contributed by atoms with Crippen molar-refractivity contribution in [3.63, 3.8) is 0 Å². The molecule has 0 aromatic heterocycles. The number of nitrogens with one attached hydrogen (secondary N) is 1. The van der Waals surface area contributed by atoms with Crippen LogP contribution in [0, 0.1) is 0 Å². The fourth-order valence-electron chi connectivity index (χ4n) is 2.95. The Bertz CT molecular complexity index is 371. The first-order chi connectivity index (χ1) is 9.26. The Hall–Kier alpha value is -1.06. The summed E-state index contributed by atoms with van der Waals surface area (Å²) in [7, 11) is 1.71. The molecule has 3 heteroatoms. The van der Waals surface area contributed by atoms with E-state index in [0.29, 0.717) is 12.1 Å². The van der Waals surface area contributed by atoms with Crippen molar-refractivity contribution in [3.05, 3.63) is 29.8 Å². The van der Waals surface area contributed by atoms with Gasteiger partial charge in [0.2, 0.25) is 0 Å². The van der Waals surface area contributed by atoms with Crippen molar-refractivity contribution < 1.29 is 4.74 Å². The average molecular weight is 262 g/mol. The summed E-state index contributed by atoms with van der Waals surface area (Å²) in [4.78, 5) is 2.64.